The van der Waals surface area contributed by atoms with Crippen molar-refractivity contribution in [1.29, 1.82) is 0 Å². The fraction of sp³-hybridized carbons (Fsp3) is 0.316. The number of carbonyl (C=O) groups is 2. The van der Waals surface area contributed by atoms with Crippen molar-refractivity contribution in [3.8, 4) is 0 Å². The first-order valence-corrected chi connectivity index (χ1v) is 9.09. The van der Waals surface area contributed by atoms with Gasteiger partial charge in [0.1, 0.15) is 5.82 Å². The van der Waals surface area contributed by atoms with Crippen molar-refractivity contribution < 1.29 is 9.59 Å². The van der Waals surface area contributed by atoms with E-state index in [2.05, 4.69) is 31.5 Å². The lowest BCUT2D eigenvalue weighted by Gasteiger charge is -2.23. The van der Waals surface area contributed by atoms with Gasteiger partial charge < -0.3 is 10.6 Å². The molecule has 1 aromatic carbocycles. The van der Waals surface area contributed by atoms with E-state index >= 15 is 0 Å². The number of aryl methyl sites for hydroxylation is 1. The number of hydrogen-bond donors (Lipinski definition) is 2. The van der Waals surface area contributed by atoms with Crippen LogP contribution < -0.4 is 10.6 Å². The number of pyridine rings is 1. The Hall–Kier alpha value is -2.25. The average Bonchev–Trinajstić information content (AvgIpc) is 2.62. The lowest BCUT2D eigenvalue weighted by atomic mass is 10.1. The summed E-state index contributed by atoms with van der Waals surface area (Å²) in [7, 11) is 1.74. The Bertz CT molecular complexity index is 747. The number of nitrogens with zero attached hydrogens (tertiary/aromatic N) is 2. The lowest BCUT2D eigenvalue weighted by molar-refractivity contribution is -0.126. The number of aromatic nitrogens is 1. The molecule has 26 heavy (non-hydrogen) atoms. The summed E-state index contributed by atoms with van der Waals surface area (Å²) in [6, 6.07) is 11.1. The van der Waals surface area contributed by atoms with E-state index in [-0.39, 0.29) is 18.4 Å². The second-order valence-electron chi connectivity index (χ2n) is 6.20. The Labute approximate surface area is 162 Å². The fourth-order valence-electron chi connectivity index (χ4n) is 2.24. The minimum Gasteiger partial charge on any atom is -0.351 e. The average molecular weight is 419 g/mol. The normalized spacial score (nSPS) is 11.9. The van der Waals surface area contributed by atoms with Crippen LogP contribution in [0.1, 0.15) is 18.1 Å². The highest BCUT2D eigenvalue weighted by Crippen LogP contribution is 2.10. The molecule has 1 aromatic heterocycles. The molecule has 1 heterocycles. The van der Waals surface area contributed by atoms with Crippen LogP contribution in [0.5, 0.6) is 0 Å². The molecule has 138 valence electrons. The molecule has 6 nitrogen and oxygen atoms in total. The van der Waals surface area contributed by atoms with Crippen molar-refractivity contribution >= 4 is 33.6 Å². The van der Waals surface area contributed by atoms with Gasteiger partial charge in [0.25, 0.3) is 0 Å². The molecule has 1 unspecified atom stereocenters. The Kier molecular flexibility index (Phi) is 7.29. The van der Waals surface area contributed by atoms with Crippen LogP contribution in [-0.4, -0.2) is 41.3 Å². The van der Waals surface area contributed by atoms with Gasteiger partial charge in [0.2, 0.25) is 11.8 Å². The van der Waals surface area contributed by atoms with Gasteiger partial charge in [-0.3, -0.25) is 14.5 Å². The van der Waals surface area contributed by atoms with Crippen LogP contribution in [-0.2, 0) is 16.1 Å². The zero-order chi connectivity index (χ0) is 19.1. The van der Waals surface area contributed by atoms with Crippen LogP contribution in [0.2, 0.25) is 0 Å². The summed E-state index contributed by atoms with van der Waals surface area (Å²) < 4.78 is 0.839. The third-order valence-corrected chi connectivity index (χ3v) is 4.48. The largest absolute Gasteiger partial charge is 0.351 e. The van der Waals surface area contributed by atoms with Gasteiger partial charge in [0.05, 0.1) is 12.6 Å². The van der Waals surface area contributed by atoms with E-state index in [4.69, 9.17) is 0 Å². The van der Waals surface area contributed by atoms with Crippen molar-refractivity contribution in [2.24, 2.45) is 0 Å². The molecule has 0 aliphatic heterocycles. The van der Waals surface area contributed by atoms with E-state index in [1.54, 1.807) is 37.2 Å². The second-order valence-corrected chi connectivity index (χ2v) is 7.12. The molecule has 2 N–H and O–H groups in total. The summed E-state index contributed by atoms with van der Waals surface area (Å²) in [6.07, 6.45) is 1.61. The number of halogens is 1. The Balaban J connectivity index is 1.80. The van der Waals surface area contributed by atoms with E-state index in [0.717, 1.165) is 10.0 Å². The molecule has 0 aliphatic carbocycles. The van der Waals surface area contributed by atoms with E-state index in [9.17, 15) is 9.59 Å². The zero-order valence-electron chi connectivity index (χ0n) is 15.1. The van der Waals surface area contributed by atoms with E-state index < -0.39 is 6.04 Å². The van der Waals surface area contributed by atoms with Crippen molar-refractivity contribution in [3.63, 3.8) is 0 Å². The summed E-state index contributed by atoms with van der Waals surface area (Å²) in [5.74, 6) is 0.131. The summed E-state index contributed by atoms with van der Waals surface area (Å²) in [4.78, 5) is 30.2. The smallest absolute Gasteiger partial charge is 0.239 e. The molecule has 1 atom stereocenters. The summed E-state index contributed by atoms with van der Waals surface area (Å²) in [6.45, 7) is 4.35. The first-order valence-electron chi connectivity index (χ1n) is 8.30. The van der Waals surface area contributed by atoms with Crippen molar-refractivity contribution in [2.75, 3.05) is 18.9 Å². The molecular weight excluding hydrogens is 396 g/mol. The Morgan fingerprint density at radius 1 is 1.19 bits per heavy atom. The minimum atomic E-state index is -0.427. The highest BCUT2D eigenvalue weighted by atomic mass is 79.9. The number of nitrogens with one attached hydrogen (secondary N) is 2. The maximum absolute atomic E-state index is 12.3. The molecule has 0 fully saturated rings. The van der Waals surface area contributed by atoms with Gasteiger partial charge in [0, 0.05) is 17.2 Å². The van der Waals surface area contributed by atoms with Gasteiger partial charge in [0.15, 0.2) is 0 Å². The quantitative estimate of drug-likeness (QED) is 0.724. The van der Waals surface area contributed by atoms with Gasteiger partial charge in [-0.2, -0.15) is 0 Å². The van der Waals surface area contributed by atoms with Crippen LogP contribution in [0.4, 0.5) is 5.82 Å². The van der Waals surface area contributed by atoms with E-state index in [1.807, 2.05) is 31.2 Å². The minimum absolute atomic E-state index is 0.0941. The zero-order valence-corrected chi connectivity index (χ0v) is 16.7. The van der Waals surface area contributed by atoms with Gasteiger partial charge >= 0.3 is 0 Å². The summed E-state index contributed by atoms with van der Waals surface area (Å²) >= 11 is 3.29. The molecule has 0 spiro atoms. The third-order valence-electron chi connectivity index (χ3n) is 4.02. The van der Waals surface area contributed by atoms with Gasteiger partial charge in [-0.15, -0.1) is 0 Å². The van der Waals surface area contributed by atoms with Gasteiger partial charge in [-0.05, 0) is 54.5 Å². The predicted molar refractivity (Wildman–Crippen MR) is 106 cm³/mol. The van der Waals surface area contributed by atoms with Crippen molar-refractivity contribution in [3.05, 3.63) is 58.2 Å². The summed E-state index contributed by atoms with van der Waals surface area (Å²) in [5.41, 5.74) is 2.22. The van der Waals surface area contributed by atoms with Crippen LogP contribution in [0.15, 0.2) is 47.1 Å². The van der Waals surface area contributed by atoms with Crippen LogP contribution in [0.25, 0.3) is 0 Å². The molecule has 0 bridgehead atoms. The first-order chi connectivity index (χ1) is 12.3. The monoisotopic (exact) mass is 418 g/mol. The second kappa shape index (κ2) is 9.45. The predicted octanol–water partition coefficient (Wildman–Crippen LogP) is 2.73. The number of carbonyl (C=O) groups excluding carboxylic acids is 2. The standard InChI is InChI=1S/C19H23BrN4O2/c1-13-4-6-15(7-5-13)10-22-19(26)14(2)24(3)12-18(25)23-17-9-8-16(20)11-21-17/h4-9,11,14H,10,12H2,1-3H3,(H,22,26)(H,21,23,25). The molecule has 0 aliphatic rings. The maximum atomic E-state index is 12.3. The number of anilines is 1. The Morgan fingerprint density at radius 3 is 2.50 bits per heavy atom. The Morgan fingerprint density at radius 2 is 1.88 bits per heavy atom. The number of rotatable bonds is 7. The topological polar surface area (TPSA) is 74.3 Å². The van der Waals surface area contributed by atoms with Gasteiger partial charge in [-0.25, -0.2) is 4.98 Å². The fourth-order valence-corrected chi connectivity index (χ4v) is 2.47. The van der Waals surface area contributed by atoms with Crippen LogP contribution >= 0.6 is 15.9 Å². The molecule has 2 rings (SSSR count). The molecule has 7 heteroatoms. The number of benzene rings is 1. The van der Waals surface area contributed by atoms with Crippen molar-refractivity contribution in [1.82, 2.24) is 15.2 Å². The number of amides is 2. The number of likely N-dealkylation sites (N-methyl/N-ethyl adjacent to an activating group) is 1. The molecule has 0 radical (unpaired) electrons. The molecule has 2 amide bonds. The third kappa shape index (κ3) is 6.24. The highest BCUT2D eigenvalue weighted by molar-refractivity contribution is 9.10. The SMILES string of the molecule is Cc1ccc(CNC(=O)C(C)N(C)CC(=O)Nc2ccc(Br)cn2)cc1. The van der Waals surface area contributed by atoms with Crippen molar-refractivity contribution in [2.45, 2.75) is 26.4 Å². The molecule has 2 aromatic rings. The first kappa shape index (κ1) is 20.1. The highest BCUT2D eigenvalue weighted by Gasteiger charge is 2.20. The molecule has 0 saturated heterocycles. The molecular formula is C19H23BrN4O2. The van der Waals surface area contributed by atoms with Gasteiger partial charge in [-0.1, -0.05) is 29.8 Å². The van der Waals surface area contributed by atoms with Crippen LogP contribution in [0, 0.1) is 6.92 Å². The summed E-state index contributed by atoms with van der Waals surface area (Å²) in [5, 5.41) is 5.61. The van der Waals surface area contributed by atoms with E-state index in [1.165, 1.54) is 5.56 Å². The maximum Gasteiger partial charge on any atom is 0.239 e. The molecule has 0 saturated carbocycles. The van der Waals surface area contributed by atoms with E-state index in [0.29, 0.717) is 12.4 Å². The number of hydrogen-bond acceptors (Lipinski definition) is 4. The lowest BCUT2D eigenvalue weighted by Crippen LogP contribution is -2.45. The van der Waals surface area contributed by atoms with Crippen LogP contribution in [0.3, 0.4) is 0 Å².